The van der Waals surface area contributed by atoms with E-state index in [0.29, 0.717) is 26.1 Å². The van der Waals surface area contributed by atoms with Gasteiger partial charge in [-0.2, -0.15) is 0 Å². The summed E-state index contributed by atoms with van der Waals surface area (Å²) in [4.78, 5) is 0. The summed E-state index contributed by atoms with van der Waals surface area (Å²) < 4.78 is 24.5. The molecule has 2 heterocycles. The second-order valence-electron chi connectivity index (χ2n) is 12.2. The number of hydrogen-bond acceptors (Lipinski definition) is 6. The molecule has 0 bridgehead atoms. The average molecular weight is 463 g/mol. The Morgan fingerprint density at radius 1 is 0.733 bits per heavy atom. The lowest BCUT2D eigenvalue weighted by Crippen LogP contribution is -2.45. The fourth-order valence-corrected chi connectivity index (χ4v) is 5.38. The minimum absolute atomic E-state index is 0.0787. The Kier molecular flexibility index (Phi) is 8.12. The molecule has 0 unspecified atom stereocenters. The van der Waals surface area contributed by atoms with Gasteiger partial charge < -0.3 is 28.5 Å². The number of aliphatic hydroxyl groups is 2. The molecular formula is C22H46O6Si2. The van der Waals surface area contributed by atoms with Crippen molar-refractivity contribution in [2.75, 3.05) is 13.2 Å². The monoisotopic (exact) mass is 462 g/mol. The van der Waals surface area contributed by atoms with E-state index in [0.717, 1.165) is 0 Å². The minimum atomic E-state index is -1.90. The standard InChI is InChI=1S/C22H46O6Si2/c1-21(2,3)29(7,8)25-13-15(23)17-11-19-20(27-17)12-18(28-19)16(24)14-26-30(9,10)22(4,5)6/h15-20,23-24H,11-14H2,1-10H3/t15-,16+,17+,18-,19-,20-/m0/s1. The number of hydrogen-bond donors (Lipinski definition) is 2. The van der Waals surface area contributed by atoms with Crippen molar-refractivity contribution in [2.24, 2.45) is 0 Å². The number of aliphatic hydroxyl groups excluding tert-OH is 2. The highest BCUT2D eigenvalue weighted by molar-refractivity contribution is 6.74. The van der Waals surface area contributed by atoms with Gasteiger partial charge in [0.25, 0.3) is 0 Å². The quantitative estimate of drug-likeness (QED) is 0.530. The predicted octanol–water partition coefficient (Wildman–Crippen LogP) is 4.07. The molecule has 6 nitrogen and oxygen atoms in total. The first kappa shape index (κ1) is 26.4. The van der Waals surface area contributed by atoms with Gasteiger partial charge in [-0.15, -0.1) is 0 Å². The van der Waals surface area contributed by atoms with Crippen LogP contribution in [0.2, 0.25) is 36.3 Å². The van der Waals surface area contributed by atoms with E-state index in [1.54, 1.807) is 0 Å². The molecule has 0 spiro atoms. The Balaban J connectivity index is 1.79. The van der Waals surface area contributed by atoms with Crippen LogP contribution in [0.1, 0.15) is 54.4 Å². The summed E-state index contributed by atoms with van der Waals surface area (Å²) in [6.07, 6.45) is -0.733. The van der Waals surface area contributed by atoms with Gasteiger partial charge in [-0.3, -0.25) is 0 Å². The van der Waals surface area contributed by atoms with Crippen molar-refractivity contribution >= 4 is 16.6 Å². The predicted molar refractivity (Wildman–Crippen MR) is 125 cm³/mol. The summed E-state index contributed by atoms with van der Waals surface area (Å²) in [5, 5.41) is 21.4. The topological polar surface area (TPSA) is 77.4 Å². The minimum Gasteiger partial charge on any atom is -0.414 e. The molecule has 0 aliphatic carbocycles. The van der Waals surface area contributed by atoms with Crippen LogP contribution in [0.4, 0.5) is 0 Å². The van der Waals surface area contributed by atoms with Crippen molar-refractivity contribution in [3.05, 3.63) is 0 Å². The first-order valence-corrected chi connectivity index (χ1v) is 17.2. The van der Waals surface area contributed by atoms with Gasteiger partial charge >= 0.3 is 0 Å². The zero-order valence-electron chi connectivity index (χ0n) is 20.8. The third-order valence-electron chi connectivity index (χ3n) is 7.74. The van der Waals surface area contributed by atoms with Gasteiger partial charge in [-0.1, -0.05) is 41.5 Å². The second kappa shape index (κ2) is 9.21. The van der Waals surface area contributed by atoms with E-state index in [2.05, 4.69) is 67.7 Å². The van der Waals surface area contributed by atoms with Gasteiger partial charge in [0.1, 0.15) is 12.2 Å². The van der Waals surface area contributed by atoms with Crippen molar-refractivity contribution in [3.63, 3.8) is 0 Å². The van der Waals surface area contributed by atoms with Crippen LogP contribution >= 0.6 is 0 Å². The summed E-state index contributed by atoms with van der Waals surface area (Å²) in [6.45, 7) is 22.5. The Morgan fingerprint density at radius 2 is 1.03 bits per heavy atom. The van der Waals surface area contributed by atoms with Crippen LogP contribution in [-0.4, -0.2) is 76.7 Å². The first-order valence-electron chi connectivity index (χ1n) is 11.4. The SMILES string of the molecule is CC(C)(C)[Si](C)(C)OC[C@@H](O)[C@@H]1C[C@@H]2O[C@@H]([C@@H](O)CO[Si](C)(C)C(C)(C)C)C[C@@H]2O1. The lowest BCUT2D eigenvalue weighted by molar-refractivity contribution is -0.0642. The van der Waals surface area contributed by atoms with Gasteiger partial charge in [0.05, 0.1) is 37.6 Å². The molecule has 2 fully saturated rings. The summed E-state index contributed by atoms with van der Waals surface area (Å²) in [6, 6.07) is 0. The Bertz CT molecular complexity index is 507. The normalized spacial score (nSPS) is 30.4. The molecule has 0 radical (unpaired) electrons. The molecule has 0 aromatic rings. The number of rotatable bonds is 8. The molecule has 2 aliphatic rings. The van der Waals surface area contributed by atoms with E-state index in [1.165, 1.54) is 0 Å². The molecule has 2 saturated heterocycles. The van der Waals surface area contributed by atoms with Gasteiger partial charge in [-0.25, -0.2) is 0 Å². The molecular weight excluding hydrogens is 416 g/mol. The van der Waals surface area contributed by atoms with Gasteiger partial charge in [0.15, 0.2) is 16.6 Å². The lowest BCUT2D eigenvalue weighted by atomic mass is 10.1. The molecule has 2 aliphatic heterocycles. The van der Waals surface area contributed by atoms with Crippen molar-refractivity contribution in [1.29, 1.82) is 0 Å². The summed E-state index contributed by atoms with van der Waals surface area (Å²) >= 11 is 0. The van der Waals surface area contributed by atoms with E-state index in [1.807, 2.05) is 0 Å². The van der Waals surface area contributed by atoms with Crippen LogP contribution in [0.3, 0.4) is 0 Å². The molecule has 0 saturated carbocycles. The Hall–Kier alpha value is 0.194. The van der Waals surface area contributed by atoms with E-state index in [4.69, 9.17) is 18.3 Å². The Morgan fingerprint density at radius 3 is 1.30 bits per heavy atom. The molecule has 0 aromatic carbocycles. The maximum Gasteiger partial charge on any atom is 0.192 e. The van der Waals surface area contributed by atoms with E-state index in [-0.39, 0.29) is 34.5 Å². The van der Waals surface area contributed by atoms with Crippen LogP contribution in [0, 0.1) is 0 Å². The highest BCUT2D eigenvalue weighted by Crippen LogP contribution is 2.40. The van der Waals surface area contributed by atoms with Crippen molar-refractivity contribution < 1.29 is 28.5 Å². The fourth-order valence-electron chi connectivity index (χ4n) is 3.34. The van der Waals surface area contributed by atoms with E-state index in [9.17, 15) is 10.2 Å². The molecule has 2 rings (SSSR count). The molecule has 8 heteroatoms. The van der Waals surface area contributed by atoms with E-state index < -0.39 is 28.8 Å². The van der Waals surface area contributed by atoms with Crippen LogP contribution in [0.25, 0.3) is 0 Å². The lowest BCUT2D eigenvalue weighted by Gasteiger charge is -2.37. The maximum atomic E-state index is 10.6. The highest BCUT2D eigenvalue weighted by atomic mass is 28.4. The smallest absolute Gasteiger partial charge is 0.192 e. The van der Waals surface area contributed by atoms with Crippen molar-refractivity contribution in [2.45, 2.75) is 127 Å². The summed E-state index contributed by atoms with van der Waals surface area (Å²) in [5.74, 6) is 0. The highest BCUT2D eigenvalue weighted by Gasteiger charge is 2.48. The van der Waals surface area contributed by atoms with Gasteiger partial charge in [-0.05, 0) is 36.3 Å². The molecule has 30 heavy (non-hydrogen) atoms. The fraction of sp³-hybridized carbons (Fsp3) is 1.00. The summed E-state index contributed by atoms with van der Waals surface area (Å²) in [5.41, 5.74) is 0. The van der Waals surface area contributed by atoms with Crippen LogP contribution in [0.5, 0.6) is 0 Å². The zero-order valence-corrected chi connectivity index (χ0v) is 22.8. The molecule has 6 atom stereocenters. The number of ether oxygens (including phenoxy) is 2. The van der Waals surface area contributed by atoms with Crippen LogP contribution < -0.4 is 0 Å². The largest absolute Gasteiger partial charge is 0.414 e. The van der Waals surface area contributed by atoms with Crippen molar-refractivity contribution in [1.82, 2.24) is 0 Å². The van der Waals surface area contributed by atoms with Crippen LogP contribution in [0.15, 0.2) is 0 Å². The van der Waals surface area contributed by atoms with E-state index >= 15 is 0 Å². The third kappa shape index (κ3) is 6.16. The van der Waals surface area contributed by atoms with Gasteiger partial charge in [0.2, 0.25) is 0 Å². The molecule has 2 N–H and O–H groups in total. The molecule has 0 amide bonds. The average Bonchev–Trinajstić information content (AvgIpc) is 3.14. The molecule has 178 valence electrons. The second-order valence-corrected chi connectivity index (χ2v) is 21.8. The maximum absolute atomic E-state index is 10.6. The van der Waals surface area contributed by atoms with Crippen LogP contribution in [-0.2, 0) is 18.3 Å². The first-order chi connectivity index (χ1) is 13.4. The van der Waals surface area contributed by atoms with Crippen molar-refractivity contribution in [3.8, 4) is 0 Å². The third-order valence-corrected chi connectivity index (χ3v) is 16.7. The summed E-state index contributed by atoms with van der Waals surface area (Å²) in [7, 11) is -3.80. The van der Waals surface area contributed by atoms with Gasteiger partial charge in [0, 0.05) is 12.8 Å². The Labute approximate surface area is 185 Å². The molecule has 0 aromatic heterocycles. The number of fused-ring (bicyclic) bond motifs is 1. The zero-order chi connectivity index (χ0) is 23.1.